The van der Waals surface area contributed by atoms with Gasteiger partial charge < -0.3 is 5.11 Å². The van der Waals surface area contributed by atoms with E-state index in [1.165, 1.54) is 23.5 Å². The summed E-state index contributed by atoms with van der Waals surface area (Å²) in [5.74, 6) is -0.913. The van der Waals surface area contributed by atoms with E-state index < -0.39 is 17.7 Å². The lowest BCUT2D eigenvalue weighted by Gasteiger charge is -2.18. The highest BCUT2D eigenvalue weighted by Gasteiger charge is 2.30. The molecule has 0 aliphatic carbocycles. The molecular weight excluding hydrogens is 441 g/mol. The first kappa shape index (κ1) is 23.4. The summed E-state index contributed by atoms with van der Waals surface area (Å²) in [5.41, 5.74) is 3.03. The summed E-state index contributed by atoms with van der Waals surface area (Å²) in [6.07, 6.45) is -2.46. The number of hydrogen-bond acceptors (Lipinski definition) is 3. The van der Waals surface area contributed by atoms with Crippen LogP contribution in [0, 0.1) is 13.8 Å². The van der Waals surface area contributed by atoms with Gasteiger partial charge in [0.15, 0.2) is 0 Å². The van der Waals surface area contributed by atoms with Crippen LogP contribution in [0.5, 0.6) is 0 Å². The van der Waals surface area contributed by atoms with Crippen LogP contribution in [0.25, 0.3) is 11.1 Å². The molecule has 0 amide bonds. The van der Waals surface area contributed by atoms with Gasteiger partial charge in [-0.25, -0.2) is 4.79 Å². The number of rotatable bonds is 7. The largest absolute Gasteiger partial charge is 0.477 e. The monoisotopic (exact) mass is 464 g/mol. The maximum atomic E-state index is 12.9. The standard InChI is InChI=1S/C24H23F3O2S2/c1-4-5-19(20-10-11-21(31-20)23(28)29)30-18-12-14(2)22(15(3)13-18)16-6-8-17(9-7-16)24(25,26)27/h6-13,19H,4-5H2,1-3H3,(H,28,29). The van der Waals surface area contributed by atoms with Gasteiger partial charge in [-0.15, -0.1) is 23.1 Å². The molecule has 2 nitrogen and oxygen atoms in total. The van der Waals surface area contributed by atoms with Crippen LogP contribution in [-0.4, -0.2) is 11.1 Å². The van der Waals surface area contributed by atoms with Gasteiger partial charge in [0.05, 0.1) is 5.56 Å². The van der Waals surface area contributed by atoms with E-state index in [9.17, 15) is 23.1 Å². The number of aryl methyl sites for hydroxylation is 2. The van der Waals surface area contributed by atoms with Crippen LogP contribution in [0.15, 0.2) is 53.4 Å². The minimum atomic E-state index is -4.35. The third-order valence-electron chi connectivity index (χ3n) is 4.99. The lowest BCUT2D eigenvalue weighted by molar-refractivity contribution is -0.137. The fraction of sp³-hybridized carbons (Fsp3) is 0.292. The number of aromatic carboxylic acids is 1. The van der Waals surface area contributed by atoms with Crippen molar-refractivity contribution in [3.63, 3.8) is 0 Å². The quantitative estimate of drug-likeness (QED) is 0.357. The molecule has 0 spiro atoms. The summed E-state index contributed by atoms with van der Waals surface area (Å²) in [6.45, 7) is 6.03. The Bertz CT molecular complexity index is 1050. The Kier molecular flexibility index (Phi) is 7.17. The van der Waals surface area contributed by atoms with Gasteiger partial charge in [0.2, 0.25) is 0 Å². The SMILES string of the molecule is CCCC(Sc1cc(C)c(-c2ccc(C(F)(F)F)cc2)c(C)c1)c1ccc(C(=O)O)s1. The summed E-state index contributed by atoms with van der Waals surface area (Å²) in [6, 6.07) is 12.9. The molecule has 3 aromatic rings. The molecule has 0 saturated heterocycles. The lowest BCUT2D eigenvalue weighted by Crippen LogP contribution is -2.04. The molecule has 31 heavy (non-hydrogen) atoms. The van der Waals surface area contributed by atoms with Gasteiger partial charge in [-0.05, 0) is 78.9 Å². The molecule has 0 saturated carbocycles. The second-order valence-corrected chi connectivity index (χ2v) is 9.80. The van der Waals surface area contributed by atoms with Crippen LogP contribution >= 0.6 is 23.1 Å². The molecule has 7 heteroatoms. The topological polar surface area (TPSA) is 37.3 Å². The third kappa shape index (κ3) is 5.52. The van der Waals surface area contributed by atoms with Crippen LogP contribution in [0.3, 0.4) is 0 Å². The number of alkyl halides is 3. The average Bonchev–Trinajstić information content (AvgIpc) is 3.17. The number of carboxylic acids is 1. The highest BCUT2D eigenvalue weighted by Crippen LogP contribution is 2.43. The molecule has 0 radical (unpaired) electrons. The Morgan fingerprint density at radius 3 is 2.16 bits per heavy atom. The Morgan fingerprint density at radius 2 is 1.68 bits per heavy atom. The minimum Gasteiger partial charge on any atom is -0.477 e. The highest BCUT2D eigenvalue weighted by atomic mass is 32.2. The van der Waals surface area contributed by atoms with E-state index in [0.717, 1.165) is 57.0 Å². The van der Waals surface area contributed by atoms with Crippen molar-refractivity contribution < 1.29 is 23.1 Å². The van der Waals surface area contributed by atoms with Crippen LogP contribution in [-0.2, 0) is 6.18 Å². The number of hydrogen-bond donors (Lipinski definition) is 1. The molecule has 1 aromatic heterocycles. The fourth-order valence-electron chi connectivity index (χ4n) is 3.60. The predicted molar refractivity (Wildman–Crippen MR) is 121 cm³/mol. The van der Waals surface area contributed by atoms with Crippen molar-refractivity contribution in [2.45, 2.75) is 49.9 Å². The molecule has 164 valence electrons. The summed E-state index contributed by atoms with van der Waals surface area (Å²) in [7, 11) is 0. The molecule has 0 aliphatic heterocycles. The number of carboxylic acid groups (broad SMARTS) is 1. The summed E-state index contributed by atoms with van der Waals surface area (Å²) in [5, 5.41) is 9.37. The van der Waals surface area contributed by atoms with Gasteiger partial charge in [0.25, 0.3) is 0 Å². The number of halogens is 3. The number of carbonyl (C=O) groups is 1. The summed E-state index contributed by atoms with van der Waals surface area (Å²) < 4.78 is 38.6. The van der Waals surface area contributed by atoms with Gasteiger partial charge in [0.1, 0.15) is 4.88 Å². The van der Waals surface area contributed by atoms with Crippen molar-refractivity contribution in [1.82, 2.24) is 0 Å². The second kappa shape index (κ2) is 9.49. The van der Waals surface area contributed by atoms with Crippen molar-refractivity contribution in [3.05, 3.63) is 75.0 Å². The Hall–Kier alpha value is -2.25. The van der Waals surface area contributed by atoms with Gasteiger partial charge in [-0.1, -0.05) is 25.5 Å². The Balaban J connectivity index is 1.88. The lowest BCUT2D eigenvalue weighted by atomic mass is 9.95. The van der Waals surface area contributed by atoms with Crippen LogP contribution in [0.2, 0.25) is 0 Å². The molecule has 2 aromatic carbocycles. The molecule has 1 unspecified atom stereocenters. The van der Waals surface area contributed by atoms with E-state index in [2.05, 4.69) is 19.1 Å². The van der Waals surface area contributed by atoms with Gasteiger partial charge in [-0.2, -0.15) is 13.2 Å². The second-order valence-electron chi connectivity index (χ2n) is 7.41. The molecule has 0 fully saturated rings. The average molecular weight is 465 g/mol. The van der Waals surface area contributed by atoms with Crippen molar-refractivity contribution in [1.29, 1.82) is 0 Å². The van der Waals surface area contributed by atoms with E-state index in [1.807, 2.05) is 19.9 Å². The van der Waals surface area contributed by atoms with Crippen molar-refractivity contribution >= 4 is 29.1 Å². The Morgan fingerprint density at radius 1 is 1.06 bits per heavy atom. The van der Waals surface area contributed by atoms with E-state index in [1.54, 1.807) is 17.8 Å². The van der Waals surface area contributed by atoms with Crippen LogP contribution < -0.4 is 0 Å². The minimum absolute atomic E-state index is 0.152. The molecular formula is C24H23F3O2S2. The normalized spacial score (nSPS) is 12.7. The van der Waals surface area contributed by atoms with Crippen LogP contribution in [0.4, 0.5) is 13.2 Å². The van der Waals surface area contributed by atoms with E-state index in [4.69, 9.17) is 0 Å². The summed E-state index contributed by atoms with van der Waals surface area (Å²) in [4.78, 5) is 13.7. The van der Waals surface area contributed by atoms with Gasteiger partial charge in [0, 0.05) is 15.0 Å². The third-order valence-corrected chi connectivity index (χ3v) is 7.61. The number of benzene rings is 2. The van der Waals surface area contributed by atoms with E-state index >= 15 is 0 Å². The Labute approximate surface area is 188 Å². The molecule has 1 N–H and O–H groups in total. The molecule has 0 bridgehead atoms. The first-order valence-electron chi connectivity index (χ1n) is 9.88. The van der Waals surface area contributed by atoms with Crippen molar-refractivity contribution in [2.75, 3.05) is 0 Å². The van der Waals surface area contributed by atoms with E-state index in [0.29, 0.717) is 4.88 Å². The molecule has 3 rings (SSSR count). The first-order valence-corrected chi connectivity index (χ1v) is 11.6. The maximum Gasteiger partial charge on any atom is 0.416 e. The number of thiophene rings is 1. The zero-order chi connectivity index (χ0) is 22.8. The molecule has 1 atom stereocenters. The van der Waals surface area contributed by atoms with Crippen molar-refractivity contribution in [3.8, 4) is 11.1 Å². The summed E-state index contributed by atoms with van der Waals surface area (Å²) >= 11 is 3.01. The zero-order valence-electron chi connectivity index (χ0n) is 17.4. The van der Waals surface area contributed by atoms with E-state index in [-0.39, 0.29) is 5.25 Å². The van der Waals surface area contributed by atoms with Crippen LogP contribution in [0.1, 0.15) is 56.3 Å². The fourth-order valence-corrected chi connectivity index (χ4v) is 6.12. The van der Waals surface area contributed by atoms with Gasteiger partial charge in [-0.3, -0.25) is 0 Å². The number of thioether (sulfide) groups is 1. The highest BCUT2D eigenvalue weighted by molar-refractivity contribution is 7.99. The van der Waals surface area contributed by atoms with Gasteiger partial charge >= 0.3 is 12.1 Å². The zero-order valence-corrected chi connectivity index (χ0v) is 19.0. The smallest absolute Gasteiger partial charge is 0.416 e. The predicted octanol–water partition coefficient (Wildman–Crippen LogP) is 8.38. The molecule has 1 heterocycles. The van der Waals surface area contributed by atoms with Crippen molar-refractivity contribution in [2.24, 2.45) is 0 Å². The first-order chi connectivity index (χ1) is 14.6. The molecule has 0 aliphatic rings. The maximum absolute atomic E-state index is 12.9.